The molecule has 94 valence electrons. The second kappa shape index (κ2) is 5.97. The van der Waals surface area contributed by atoms with Crippen molar-refractivity contribution in [3.8, 4) is 0 Å². The molecule has 1 saturated heterocycles. The van der Waals surface area contributed by atoms with Crippen molar-refractivity contribution in [2.75, 3.05) is 13.2 Å². The maximum Gasteiger partial charge on any atom is 0.166 e. The van der Waals surface area contributed by atoms with Gasteiger partial charge in [-0.2, -0.15) is 5.10 Å². The number of aromatic nitrogens is 2. The van der Waals surface area contributed by atoms with Crippen LogP contribution in [0.5, 0.6) is 0 Å². The zero-order valence-electron chi connectivity index (χ0n) is 9.98. The van der Waals surface area contributed by atoms with Gasteiger partial charge in [-0.3, -0.25) is 4.68 Å². The maximum absolute atomic E-state index is 5.50. The molecular formula is C11H18N4OS. The lowest BCUT2D eigenvalue weighted by atomic mass is 10.2. The molecule has 0 aromatic carbocycles. The Morgan fingerprint density at radius 1 is 1.65 bits per heavy atom. The van der Waals surface area contributed by atoms with Gasteiger partial charge >= 0.3 is 0 Å². The fourth-order valence-corrected chi connectivity index (χ4v) is 1.96. The third-order valence-electron chi connectivity index (χ3n) is 2.71. The summed E-state index contributed by atoms with van der Waals surface area (Å²) in [7, 11) is 1.90. The fourth-order valence-electron chi connectivity index (χ4n) is 1.80. The van der Waals surface area contributed by atoms with E-state index in [1.54, 1.807) is 4.68 Å². The largest absolute Gasteiger partial charge is 0.376 e. The predicted octanol–water partition coefficient (Wildman–Crippen LogP) is 0.563. The van der Waals surface area contributed by atoms with Gasteiger partial charge in [0.15, 0.2) is 5.11 Å². The third-order valence-corrected chi connectivity index (χ3v) is 3.00. The summed E-state index contributed by atoms with van der Waals surface area (Å²) in [6.07, 6.45) is 4.50. The average Bonchev–Trinajstić information content (AvgIpc) is 2.95. The summed E-state index contributed by atoms with van der Waals surface area (Å²) in [5.74, 6) is 0. The molecule has 1 aliphatic rings. The molecule has 0 radical (unpaired) electrons. The van der Waals surface area contributed by atoms with Gasteiger partial charge in [0.25, 0.3) is 0 Å². The number of rotatable bonds is 4. The molecule has 2 N–H and O–H groups in total. The summed E-state index contributed by atoms with van der Waals surface area (Å²) < 4.78 is 7.28. The van der Waals surface area contributed by atoms with Gasteiger partial charge in [0, 0.05) is 26.4 Å². The van der Waals surface area contributed by atoms with E-state index in [0.717, 1.165) is 31.7 Å². The molecule has 1 unspecified atom stereocenters. The topological polar surface area (TPSA) is 51.1 Å². The van der Waals surface area contributed by atoms with Gasteiger partial charge in [0.05, 0.1) is 18.3 Å². The van der Waals surface area contributed by atoms with Gasteiger partial charge in [0.1, 0.15) is 0 Å². The molecule has 2 rings (SSSR count). The number of thiocarbonyl (C=S) groups is 1. The predicted molar refractivity (Wildman–Crippen MR) is 69.6 cm³/mol. The van der Waals surface area contributed by atoms with E-state index in [9.17, 15) is 0 Å². The molecule has 17 heavy (non-hydrogen) atoms. The standard InChI is InChI=1S/C11H18N4OS/c1-15-5-4-9(14-15)7-12-11(17)13-8-10-3-2-6-16-10/h4-5,10H,2-3,6-8H2,1H3,(H2,12,13,17). The number of ether oxygens (including phenoxy) is 1. The second-order valence-electron chi connectivity index (χ2n) is 4.18. The van der Waals surface area contributed by atoms with Crippen molar-refractivity contribution < 1.29 is 4.74 Å². The first-order chi connectivity index (χ1) is 8.24. The van der Waals surface area contributed by atoms with E-state index in [0.29, 0.717) is 17.8 Å². The maximum atomic E-state index is 5.50. The van der Waals surface area contributed by atoms with Gasteiger partial charge < -0.3 is 15.4 Å². The minimum atomic E-state index is 0.310. The smallest absolute Gasteiger partial charge is 0.166 e. The normalized spacial score (nSPS) is 19.2. The molecule has 1 fully saturated rings. The highest BCUT2D eigenvalue weighted by molar-refractivity contribution is 7.80. The number of nitrogens with zero attached hydrogens (tertiary/aromatic N) is 2. The van der Waals surface area contributed by atoms with E-state index in [4.69, 9.17) is 17.0 Å². The SMILES string of the molecule is Cn1ccc(CNC(=S)NCC2CCCO2)n1. The minimum absolute atomic E-state index is 0.310. The summed E-state index contributed by atoms with van der Waals surface area (Å²) in [6.45, 7) is 2.31. The molecule has 0 bridgehead atoms. The number of hydrogen-bond acceptors (Lipinski definition) is 3. The van der Waals surface area contributed by atoms with Gasteiger partial charge in [-0.05, 0) is 31.1 Å². The highest BCUT2D eigenvalue weighted by Gasteiger charge is 2.15. The van der Waals surface area contributed by atoms with Crippen molar-refractivity contribution in [1.29, 1.82) is 0 Å². The van der Waals surface area contributed by atoms with Crippen LogP contribution in [0.3, 0.4) is 0 Å². The molecule has 1 atom stereocenters. The van der Waals surface area contributed by atoms with Gasteiger partial charge in [-0.15, -0.1) is 0 Å². The van der Waals surface area contributed by atoms with Crippen LogP contribution in [0.2, 0.25) is 0 Å². The first-order valence-corrected chi connectivity index (χ1v) is 6.26. The lowest BCUT2D eigenvalue weighted by molar-refractivity contribution is 0.114. The molecule has 2 heterocycles. The van der Waals surface area contributed by atoms with E-state index in [1.807, 2.05) is 19.3 Å². The van der Waals surface area contributed by atoms with E-state index >= 15 is 0 Å². The van der Waals surface area contributed by atoms with Crippen molar-refractivity contribution in [2.45, 2.75) is 25.5 Å². The highest BCUT2D eigenvalue weighted by atomic mass is 32.1. The van der Waals surface area contributed by atoms with Gasteiger partial charge in [0.2, 0.25) is 0 Å². The Hall–Kier alpha value is -1.14. The summed E-state index contributed by atoms with van der Waals surface area (Å²) in [6, 6.07) is 1.97. The number of nitrogens with one attached hydrogen (secondary N) is 2. The molecule has 1 aromatic heterocycles. The first-order valence-electron chi connectivity index (χ1n) is 5.86. The Morgan fingerprint density at radius 2 is 2.53 bits per heavy atom. The summed E-state index contributed by atoms with van der Waals surface area (Å²) >= 11 is 5.18. The van der Waals surface area contributed by atoms with Crippen molar-refractivity contribution >= 4 is 17.3 Å². The van der Waals surface area contributed by atoms with Crippen LogP contribution in [0, 0.1) is 0 Å². The quantitative estimate of drug-likeness (QED) is 0.769. The second-order valence-corrected chi connectivity index (χ2v) is 4.59. The van der Waals surface area contributed by atoms with Crippen LogP contribution in [0.4, 0.5) is 0 Å². The molecule has 5 nitrogen and oxygen atoms in total. The van der Waals surface area contributed by atoms with Crippen molar-refractivity contribution in [1.82, 2.24) is 20.4 Å². The first kappa shape index (κ1) is 12.3. The lowest BCUT2D eigenvalue weighted by Crippen LogP contribution is -2.39. The monoisotopic (exact) mass is 254 g/mol. The van der Waals surface area contributed by atoms with Crippen LogP contribution in [-0.2, 0) is 18.3 Å². The molecular weight excluding hydrogens is 236 g/mol. The minimum Gasteiger partial charge on any atom is -0.376 e. The van der Waals surface area contributed by atoms with Crippen molar-refractivity contribution in [3.05, 3.63) is 18.0 Å². The highest BCUT2D eigenvalue weighted by Crippen LogP contribution is 2.10. The summed E-state index contributed by atoms with van der Waals surface area (Å²) in [5, 5.41) is 11.2. The Morgan fingerprint density at radius 3 is 3.18 bits per heavy atom. The average molecular weight is 254 g/mol. The molecule has 0 saturated carbocycles. The molecule has 0 spiro atoms. The Labute approximate surface area is 107 Å². The van der Waals surface area contributed by atoms with E-state index < -0.39 is 0 Å². The molecule has 0 aliphatic carbocycles. The van der Waals surface area contributed by atoms with Crippen LogP contribution < -0.4 is 10.6 Å². The van der Waals surface area contributed by atoms with Gasteiger partial charge in [-0.1, -0.05) is 0 Å². The summed E-state index contributed by atoms with van der Waals surface area (Å²) in [5.41, 5.74) is 0.980. The van der Waals surface area contributed by atoms with Crippen LogP contribution in [0.1, 0.15) is 18.5 Å². The molecule has 6 heteroatoms. The molecule has 0 amide bonds. The van der Waals surface area contributed by atoms with Crippen molar-refractivity contribution in [3.63, 3.8) is 0 Å². The Bertz CT molecular complexity index is 373. The van der Waals surface area contributed by atoms with E-state index in [-0.39, 0.29) is 0 Å². The van der Waals surface area contributed by atoms with Crippen LogP contribution >= 0.6 is 12.2 Å². The number of aryl methyl sites for hydroxylation is 1. The Kier molecular flexibility index (Phi) is 4.33. The van der Waals surface area contributed by atoms with Gasteiger partial charge in [-0.25, -0.2) is 0 Å². The zero-order chi connectivity index (χ0) is 12.1. The summed E-state index contributed by atoms with van der Waals surface area (Å²) in [4.78, 5) is 0. The van der Waals surface area contributed by atoms with Crippen LogP contribution in [0.25, 0.3) is 0 Å². The number of hydrogen-bond donors (Lipinski definition) is 2. The fraction of sp³-hybridized carbons (Fsp3) is 0.636. The van der Waals surface area contributed by atoms with Crippen molar-refractivity contribution in [2.24, 2.45) is 7.05 Å². The van der Waals surface area contributed by atoms with Crippen LogP contribution in [0.15, 0.2) is 12.3 Å². The Balaban J connectivity index is 1.63. The van der Waals surface area contributed by atoms with E-state index in [2.05, 4.69) is 15.7 Å². The van der Waals surface area contributed by atoms with Crippen LogP contribution in [-0.4, -0.2) is 34.1 Å². The molecule has 1 aromatic rings. The van der Waals surface area contributed by atoms with E-state index in [1.165, 1.54) is 0 Å². The molecule has 1 aliphatic heterocycles. The lowest BCUT2D eigenvalue weighted by Gasteiger charge is -2.13. The zero-order valence-corrected chi connectivity index (χ0v) is 10.8. The third kappa shape index (κ3) is 3.98.